The lowest BCUT2D eigenvalue weighted by Gasteiger charge is -2.39. The first-order chi connectivity index (χ1) is 14.5. The van der Waals surface area contributed by atoms with Crippen LogP contribution in [0.5, 0.6) is 0 Å². The molecular formula is C20H21ClF2N2O5S. The number of pyridine rings is 1. The number of rotatable bonds is 7. The minimum Gasteiger partial charge on any atom is -0.395 e. The van der Waals surface area contributed by atoms with E-state index in [2.05, 4.69) is 10.3 Å². The van der Waals surface area contributed by atoms with Crippen LogP contribution in [-0.4, -0.2) is 47.6 Å². The topological polar surface area (TPSA) is 117 Å². The van der Waals surface area contributed by atoms with Crippen LogP contribution in [-0.2, 0) is 32.4 Å². The highest BCUT2D eigenvalue weighted by molar-refractivity contribution is 7.91. The Morgan fingerprint density at radius 1 is 1.29 bits per heavy atom. The molecule has 3 N–H and O–H groups in total. The number of hydrogen-bond acceptors (Lipinski definition) is 6. The summed E-state index contributed by atoms with van der Waals surface area (Å²) in [6.07, 6.45) is 0.410. The Hall–Kier alpha value is -2.14. The predicted molar refractivity (Wildman–Crippen MR) is 109 cm³/mol. The van der Waals surface area contributed by atoms with Gasteiger partial charge in [0.2, 0.25) is 5.67 Å². The van der Waals surface area contributed by atoms with Crippen molar-refractivity contribution in [2.45, 2.75) is 30.7 Å². The van der Waals surface area contributed by atoms with Crippen LogP contribution < -0.4 is 5.32 Å². The molecule has 1 amide bonds. The third kappa shape index (κ3) is 4.87. The van der Waals surface area contributed by atoms with Gasteiger partial charge in [-0.3, -0.25) is 9.78 Å². The molecule has 0 radical (unpaired) electrons. The van der Waals surface area contributed by atoms with Crippen LogP contribution >= 0.6 is 11.6 Å². The van der Waals surface area contributed by atoms with E-state index in [1.807, 2.05) is 0 Å². The summed E-state index contributed by atoms with van der Waals surface area (Å²) in [4.78, 5) is 16.7. The first kappa shape index (κ1) is 23.5. The van der Waals surface area contributed by atoms with Gasteiger partial charge in [-0.2, -0.15) is 0 Å². The summed E-state index contributed by atoms with van der Waals surface area (Å²) in [5.41, 5.74) is -4.65. The number of alkyl halides is 1. The maximum Gasteiger partial charge on any atom is 0.262 e. The van der Waals surface area contributed by atoms with Crippen molar-refractivity contribution < 1.29 is 32.2 Å². The molecule has 0 spiro atoms. The molecule has 1 aliphatic carbocycles. The van der Waals surface area contributed by atoms with E-state index >= 15 is 4.39 Å². The Morgan fingerprint density at radius 3 is 2.71 bits per heavy atom. The number of aliphatic hydroxyl groups excluding tert-OH is 1. The van der Waals surface area contributed by atoms with Crippen molar-refractivity contribution in [1.82, 2.24) is 10.3 Å². The molecule has 1 heterocycles. The number of nitrogens with zero attached hydrogens (tertiary/aromatic N) is 1. The number of carbonyl (C=O) groups excluding carboxylic acids is 1. The maximum atomic E-state index is 15.9. The Labute approximate surface area is 183 Å². The van der Waals surface area contributed by atoms with Gasteiger partial charge in [0.1, 0.15) is 11.4 Å². The summed E-state index contributed by atoms with van der Waals surface area (Å²) < 4.78 is 53.4. The summed E-state index contributed by atoms with van der Waals surface area (Å²) >= 11 is 5.94. The highest BCUT2D eigenvalue weighted by Gasteiger charge is 2.53. The summed E-state index contributed by atoms with van der Waals surface area (Å²) in [5, 5.41) is 22.4. The second kappa shape index (κ2) is 8.78. The molecule has 2 unspecified atom stereocenters. The number of nitrogens with one attached hydrogen (secondary N) is 1. The minimum atomic E-state index is -3.85. The zero-order valence-electron chi connectivity index (χ0n) is 16.3. The molecule has 0 saturated carbocycles. The van der Waals surface area contributed by atoms with Gasteiger partial charge in [0.05, 0.1) is 23.8 Å². The van der Waals surface area contributed by atoms with Gasteiger partial charge in [0.25, 0.3) is 5.91 Å². The van der Waals surface area contributed by atoms with Crippen LogP contribution in [0.3, 0.4) is 0 Å². The lowest BCUT2D eigenvalue weighted by Crippen LogP contribution is -2.50. The first-order valence-electron chi connectivity index (χ1n) is 9.41. The van der Waals surface area contributed by atoms with Gasteiger partial charge < -0.3 is 15.5 Å². The lowest BCUT2D eigenvalue weighted by molar-refractivity contribution is -0.136. The van der Waals surface area contributed by atoms with E-state index in [-0.39, 0.29) is 29.2 Å². The molecule has 31 heavy (non-hydrogen) atoms. The van der Waals surface area contributed by atoms with E-state index in [0.29, 0.717) is 5.56 Å². The molecule has 0 saturated heterocycles. The average Bonchev–Trinajstić information content (AvgIpc) is 2.70. The quantitative estimate of drug-likeness (QED) is 0.563. The Balaban J connectivity index is 1.88. The molecule has 1 aromatic carbocycles. The number of sulfone groups is 1. The molecule has 0 fully saturated rings. The summed E-state index contributed by atoms with van der Waals surface area (Å²) in [7, 11) is -3.85. The molecule has 0 bridgehead atoms. The van der Waals surface area contributed by atoms with Gasteiger partial charge in [-0.25, -0.2) is 17.2 Å². The van der Waals surface area contributed by atoms with Crippen LogP contribution in [0.15, 0.2) is 36.5 Å². The number of hydrogen-bond donors (Lipinski definition) is 3. The smallest absolute Gasteiger partial charge is 0.262 e. The highest BCUT2D eigenvalue weighted by Crippen LogP contribution is 2.46. The van der Waals surface area contributed by atoms with Gasteiger partial charge >= 0.3 is 0 Å². The van der Waals surface area contributed by atoms with Crippen molar-refractivity contribution in [1.29, 1.82) is 0 Å². The van der Waals surface area contributed by atoms with Gasteiger partial charge in [-0.1, -0.05) is 23.7 Å². The summed E-state index contributed by atoms with van der Waals surface area (Å²) in [6, 6.07) is 6.25. The normalized spacial score (nSPS) is 23.3. The second-order valence-electron chi connectivity index (χ2n) is 7.47. The van der Waals surface area contributed by atoms with Crippen LogP contribution in [0.2, 0.25) is 5.02 Å². The monoisotopic (exact) mass is 474 g/mol. The van der Waals surface area contributed by atoms with Gasteiger partial charge in [-0.15, -0.1) is 0 Å². The molecule has 7 nitrogen and oxygen atoms in total. The third-order valence-electron chi connectivity index (χ3n) is 5.23. The van der Waals surface area contributed by atoms with Crippen molar-refractivity contribution in [3.8, 4) is 0 Å². The van der Waals surface area contributed by atoms with E-state index in [1.165, 1.54) is 24.4 Å². The second-order valence-corrected chi connectivity index (χ2v) is 10.1. The minimum absolute atomic E-state index is 0.0717. The number of aromatic nitrogens is 1. The summed E-state index contributed by atoms with van der Waals surface area (Å²) in [5.74, 6) is -2.88. The Bertz CT molecular complexity index is 1100. The predicted octanol–water partition coefficient (Wildman–Crippen LogP) is 1.74. The number of halogens is 3. The first-order valence-corrected chi connectivity index (χ1v) is 11.6. The average molecular weight is 475 g/mol. The van der Waals surface area contributed by atoms with Crippen molar-refractivity contribution >= 4 is 27.3 Å². The largest absolute Gasteiger partial charge is 0.395 e. The molecule has 2 atom stereocenters. The van der Waals surface area contributed by atoms with Gasteiger partial charge in [0, 0.05) is 23.3 Å². The van der Waals surface area contributed by atoms with Crippen molar-refractivity contribution in [2.24, 2.45) is 0 Å². The van der Waals surface area contributed by atoms with Gasteiger partial charge in [-0.05, 0) is 36.6 Å². The lowest BCUT2D eigenvalue weighted by atomic mass is 9.75. The number of benzene rings is 1. The van der Waals surface area contributed by atoms with E-state index in [1.54, 1.807) is 0 Å². The van der Waals surface area contributed by atoms with Crippen molar-refractivity contribution in [3.63, 3.8) is 0 Å². The molecular weight excluding hydrogens is 454 g/mol. The zero-order valence-corrected chi connectivity index (χ0v) is 17.9. The molecule has 0 aliphatic heterocycles. The molecule has 168 valence electrons. The van der Waals surface area contributed by atoms with Crippen LogP contribution in [0, 0.1) is 5.82 Å². The summed E-state index contributed by atoms with van der Waals surface area (Å²) in [6.45, 7) is -0.775. The fourth-order valence-corrected chi connectivity index (χ4v) is 5.33. The number of amides is 1. The Kier molecular flexibility index (Phi) is 6.66. The fourth-order valence-electron chi connectivity index (χ4n) is 3.66. The van der Waals surface area contributed by atoms with Crippen molar-refractivity contribution in [2.75, 3.05) is 18.1 Å². The molecule has 1 aromatic heterocycles. The maximum absolute atomic E-state index is 15.9. The van der Waals surface area contributed by atoms with E-state index in [4.69, 9.17) is 16.7 Å². The van der Waals surface area contributed by atoms with Crippen LogP contribution in [0.1, 0.15) is 29.7 Å². The standard InChI is InChI=1S/C20H21ClF2N2O5S/c21-16-10-14(22)4-3-13(16)11-25-18(27)20(23)6-5-19(28,12-31(29,30)9-8-26)17-15(20)2-1-7-24-17/h1-4,7,10,26,28H,5-6,8-9,11-12H2,(H,25,27). The van der Waals surface area contributed by atoms with Crippen LogP contribution in [0.25, 0.3) is 0 Å². The SMILES string of the molecule is O=C(NCc1ccc(F)cc1Cl)C1(F)CCC(O)(CS(=O)(=O)CCO)c2ncccc21. The van der Waals surface area contributed by atoms with E-state index in [9.17, 15) is 22.7 Å². The Morgan fingerprint density at radius 2 is 2.03 bits per heavy atom. The van der Waals surface area contributed by atoms with Crippen molar-refractivity contribution in [3.05, 3.63) is 64.2 Å². The van der Waals surface area contributed by atoms with Crippen LogP contribution in [0.4, 0.5) is 8.78 Å². The molecule has 11 heteroatoms. The fraction of sp³-hybridized carbons (Fsp3) is 0.400. The molecule has 3 rings (SSSR count). The zero-order chi connectivity index (χ0) is 22.9. The third-order valence-corrected chi connectivity index (χ3v) is 7.31. The van der Waals surface area contributed by atoms with Gasteiger partial charge in [0.15, 0.2) is 9.84 Å². The highest BCUT2D eigenvalue weighted by atomic mass is 35.5. The number of fused-ring (bicyclic) bond motifs is 1. The number of aliphatic hydroxyl groups is 2. The van der Waals surface area contributed by atoms with E-state index in [0.717, 1.165) is 12.1 Å². The molecule has 2 aromatic rings. The molecule has 1 aliphatic rings. The van der Waals surface area contributed by atoms with E-state index < -0.39 is 57.4 Å². The number of carbonyl (C=O) groups is 1.